The highest BCUT2D eigenvalue weighted by Gasteiger charge is 2.29. The zero-order valence-corrected chi connectivity index (χ0v) is 7.83. The molecule has 0 aliphatic heterocycles. The van der Waals surface area contributed by atoms with Crippen molar-refractivity contribution in [2.24, 2.45) is 11.7 Å². The highest BCUT2D eigenvalue weighted by atomic mass is 16.3. The molecule has 0 radical (unpaired) electrons. The number of benzene rings is 1. The number of hydrogen-bond acceptors (Lipinski definition) is 2. The highest BCUT2D eigenvalue weighted by Crippen LogP contribution is 2.39. The third-order valence-electron chi connectivity index (χ3n) is 2.74. The summed E-state index contributed by atoms with van der Waals surface area (Å²) in [6, 6.07) is 5.80. The van der Waals surface area contributed by atoms with Gasteiger partial charge in [0.1, 0.15) is 5.75 Å². The predicted molar refractivity (Wildman–Crippen MR) is 52.5 cm³/mol. The monoisotopic (exact) mass is 177 g/mol. The van der Waals surface area contributed by atoms with Gasteiger partial charge in [-0.25, -0.2) is 0 Å². The predicted octanol–water partition coefficient (Wildman–Crippen LogP) is 2.11. The third kappa shape index (κ3) is 1.68. The summed E-state index contributed by atoms with van der Waals surface area (Å²) in [5.74, 6) is 1.02. The molecular weight excluding hydrogens is 162 g/mol. The van der Waals surface area contributed by atoms with E-state index in [1.54, 1.807) is 6.07 Å². The van der Waals surface area contributed by atoms with Crippen molar-refractivity contribution in [3.63, 3.8) is 0 Å². The number of rotatable bonds is 2. The third-order valence-corrected chi connectivity index (χ3v) is 2.74. The Labute approximate surface area is 78.4 Å². The molecule has 1 saturated carbocycles. The fourth-order valence-corrected chi connectivity index (χ4v) is 1.61. The second kappa shape index (κ2) is 3.04. The Hall–Kier alpha value is -1.02. The number of aromatic hydroxyl groups is 1. The fourth-order valence-electron chi connectivity index (χ4n) is 1.61. The minimum Gasteiger partial charge on any atom is -0.508 e. The van der Waals surface area contributed by atoms with Crippen LogP contribution in [0.25, 0.3) is 0 Å². The van der Waals surface area contributed by atoms with E-state index in [0.717, 1.165) is 11.1 Å². The molecule has 2 heteroatoms. The molecule has 1 fully saturated rings. The van der Waals surface area contributed by atoms with Gasteiger partial charge < -0.3 is 10.8 Å². The molecule has 0 aromatic heterocycles. The number of aryl methyl sites for hydroxylation is 1. The van der Waals surface area contributed by atoms with E-state index in [1.165, 1.54) is 12.8 Å². The lowest BCUT2D eigenvalue weighted by Crippen LogP contribution is -2.12. The number of hydrogen-bond donors (Lipinski definition) is 2. The largest absolute Gasteiger partial charge is 0.508 e. The van der Waals surface area contributed by atoms with Crippen LogP contribution in [-0.4, -0.2) is 5.11 Å². The van der Waals surface area contributed by atoms with Gasteiger partial charge in [-0.1, -0.05) is 12.1 Å². The summed E-state index contributed by atoms with van der Waals surface area (Å²) in [6.07, 6.45) is 2.50. The van der Waals surface area contributed by atoms with E-state index in [1.807, 2.05) is 19.1 Å². The molecule has 0 saturated heterocycles. The Morgan fingerprint density at radius 1 is 1.46 bits per heavy atom. The van der Waals surface area contributed by atoms with Crippen molar-refractivity contribution in [3.8, 4) is 5.75 Å². The molecule has 1 aliphatic carbocycles. The van der Waals surface area contributed by atoms with E-state index in [0.29, 0.717) is 11.7 Å². The number of phenols is 1. The molecule has 3 N–H and O–H groups in total. The van der Waals surface area contributed by atoms with E-state index >= 15 is 0 Å². The molecule has 2 nitrogen and oxygen atoms in total. The minimum absolute atomic E-state index is 0.166. The average Bonchev–Trinajstić information content (AvgIpc) is 2.91. The van der Waals surface area contributed by atoms with Gasteiger partial charge in [-0.2, -0.15) is 0 Å². The summed E-state index contributed by atoms with van der Waals surface area (Å²) >= 11 is 0. The van der Waals surface area contributed by atoms with Crippen LogP contribution >= 0.6 is 0 Å². The van der Waals surface area contributed by atoms with Crippen LogP contribution < -0.4 is 5.73 Å². The summed E-state index contributed by atoms with van der Waals surface area (Å²) < 4.78 is 0. The van der Waals surface area contributed by atoms with Gasteiger partial charge in [0.15, 0.2) is 0 Å². The fraction of sp³-hybridized carbons (Fsp3) is 0.455. The van der Waals surface area contributed by atoms with E-state index in [9.17, 15) is 5.11 Å². The zero-order chi connectivity index (χ0) is 9.42. The summed E-state index contributed by atoms with van der Waals surface area (Å²) in [6.45, 7) is 1.90. The van der Waals surface area contributed by atoms with Gasteiger partial charge in [-0.15, -0.1) is 0 Å². The minimum atomic E-state index is 0.166. The lowest BCUT2D eigenvalue weighted by atomic mass is 10.0. The van der Waals surface area contributed by atoms with Gasteiger partial charge in [0.2, 0.25) is 0 Å². The van der Waals surface area contributed by atoms with Crippen molar-refractivity contribution in [1.82, 2.24) is 0 Å². The summed E-state index contributed by atoms with van der Waals surface area (Å²) in [5.41, 5.74) is 8.10. The lowest BCUT2D eigenvalue weighted by molar-refractivity contribution is 0.470. The maximum atomic E-state index is 9.34. The smallest absolute Gasteiger partial charge is 0.118 e. The van der Waals surface area contributed by atoms with E-state index < -0.39 is 0 Å². The topological polar surface area (TPSA) is 46.2 Å². The molecule has 0 spiro atoms. The first-order valence-corrected chi connectivity index (χ1v) is 4.73. The Morgan fingerprint density at radius 3 is 2.69 bits per heavy atom. The van der Waals surface area contributed by atoms with Crippen LogP contribution in [0.5, 0.6) is 5.75 Å². The second-order valence-corrected chi connectivity index (χ2v) is 3.91. The van der Waals surface area contributed by atoms with Crippen molar-refractivity contribution >= 4 is 0 Å². The van der Waals surface area contributed by atoms with Gasteiger partial charge in [-0.3, -0.25) is 0 Å². The van der Waals surface area contributed by atoms with Gasteiger partial charge in [0.05, 0.1) is 0 Å². The molecule has 1 aromatic carbocycles. The molecule has 1 aliphatic rings. The van der Waals surface area contributed by atoms with Crippen LogP contribution in [0, 0.1) is 12.8 Å². The van der Waals surface area contributed by atoms with Gasteiger partial charge >= 0.3 is 0 Å². The Morgan fingerprint density at radius 2 is 2.15 bits per heavy atom. The van der Waals surface area contributed by atoms with E-state index in [-0.39, 0.29) is 6.04 Å². The molecule has 0 amide bonds. The van der Waals surface area contributed by atoms with Crippen LogP contribution in [0.3, 0.4) is 0 Å². The summed E-state index contributed by atoms with van der Waals surface area (Å²) in [4.78, 5) is 0. The Bertz CT molecular complexity index is 318. The maximum absolute atomic E-state index is 9.34. The second-order valence-electron chi connectivity index (χ2n) is 3.91. The quantitative estimate of drug-likeness (QED) is 0.726. The number of phenolic OH excluding ortho intramolecular Hbond substituents is 1. The molecule has 2 rings (SSSR count). The average molecular weight is 177 g/mol. The van der Waals surface area contributed by atoms with Crippen LogP contribution in [0.2, 0.25) is 0 Å². The molecular formula is C11H15NO. The van der Waals surface area contributed by atoms with E-state index in [2.05, 4.69) is 0 Å². The standard InChI is InChI=1S/C11H15NO/c1-7-6-9(4-5-10(7)13)11(12)8-2-3-8/h4-6,8,11,13H,2-3,12H2,1H3/t11-/m0/s1. The first kappa shape index (κ1) is 8.57. The van der Waals surface area contributed by atoms with Gasteiger partial charge in [0.25, 0.3) is 0 Å². The first-order chi connectivity index (χ1) is 6.18. The van der Waals surface area contributed by atoms with Crippen LogP contribution in [0.1, 0.15) is 30.0 Å². The first-order valence-electron chi connectivity index (χ1n) is 4.73. The van der Waals surface area contributed by atoms with Crippen LogP contribution in [0.15, 0.2) is 18.2 Å². The molecule has 0 bridgehead atoms. The van der Waals surface area contributed by atoms with Crippen LogP contribution in [-0.2, 0) is 0 Å². The normalized spacial score (nSPS) is 18.6. The number of nitrogens with two attached hydrogens (primary N) is 1. The van der Waals surface area contributed by atoms with Gasteiger partial charge in [-0.05, 0) is 42.9 Å². The van der Waals surface area contributed by atoms with Crippen molar-refractivity contribution in [2.75, 3.05) is 0 Å². The Kier molecular flexibility index (Phi) is 2.00. The molecule has 0 heterocycles. The van der Waals surface area contributed by atoms with Crippen LogP contribution in [0.4, 0.5) is 0 Å². The van der Waals surface area contributed by atoms with E-state index in [4.69, 9.17) is 5.73 Å². The van der Waals surface area contributed by atoms with Crippen molar-refractivity contribution in [2.45, 2.75) is 25.8 Å². The molecule has 13 heavy (non-hydrogen) atoms. The molecule has 1 aromatic rings. The van der Waals surface area contributed by atoms with Crippen molar-refractivity contribution in [3.05, 3.63) is 29.3 Å². The summed E-state index contributed by atoms with van der Waals surface area (Å²) in [5, 5.41) is 9.34. The van der Waals surface area contributed by atoms with Crippen molar-refractivity contribution < 1.29 is 5.11 Å². The summed E-state index contributed by atoms with van der Waals surface area (Å²) in [7, 11) is 0. The highest BCUT2D eigenvalue weighted by molar-refractivity contribution is 5.36. The molecule has 1 atom stereocenters. The lowest BCUT2D eigenvalue weighted by Gasteiger charge is -2.11. The van der Waals surface area contributed by atoms with Crippen molar-refractivity contribution in [1.29, 1.82) is 0 Å². The maximum Gasteiger partial charge on any atom is 0.118 e. The zero-order valence-electron chi connectivity index (χ0n) is 7.83. The van der Waals surface area contributed by atoms with Gasteiger partial charge in [0, 0.05) is 6.04 Å². The SMILES string of the molecule is Cc1cc([C@@H](N)C2CC2)ccc1O. The molecule has 70 valence electrons. The molecule has 0 unspecified atom stereocenters. The Balaban J connectivity index is 2.24.